The third-order valence-corrected chi connectivity index (χ3v) is 4.46. The van der Waals surface area contributed by atoms with Gasteiger partial charge in [0.15, 0.2) is 6.61 Å². The number of nitrogens with one attached hydrogen (secondary N) is 1. The third-order valence-electron chi connectivity index (χ3n) is 3.31. The number of hydrogen-bond donors (Lipinski definition) is 3. The van der Waals surface area contributed by atoms with E-state index in [1.807, 2.05) is 42.5 Å². The van der Waals surface area contributed by atoms with Gasteiger partial charge >= 0.3 is 5.97 Å². The maximum Gasteiger partial charge on any atom is 0.341 e. The number of aliphatic carboxylic acids is 1. The zero-order chi connectivity index (χ0) is 16.4. The Morgan fingerprint density at radius 2 is 1.96 bits per heavy atom. The van der Waals surface area contributed by atoms with E-state index in [0.29, 0.717) is 5.75 Å². The van der Waals surface area contributed by atoms with Crippen molar-refractivity contribution < 1.29 is 14.6 Å². The highest BCUT2D eigenvalue weighted by Crippen LogP contribution is 2.31. The first-order valence-electron chi connectivity index (χ1n) is 6.86. The molecular formula is C17H14N2O3S. The fraction of sp³-hybridized carbons (Fsp3) is 0.0588. The maximum atomic E-state index is 10.6. The van der Waals surface area contributed by atoms with E-state index in [9.17, 15) is 4.79 Å². The molecule has 0 bridgehead atoms. The molecule has 1 aromatic heterocycles. The summed E-state index contributed by atoms with van der Waals surface area (Å²) in [5.74, 6) is -0.427. The molecular weight excluding hydrogens is 312 g/mol. The van der Waals surface area contributed by atoms with E-state index >= 15 is 0 Å². The van der Waals surface area contributed by atoms with Crippen LogP contribution in [-0.2, 0) is 4.79 Å². The molecule has 5 nitrogen and oxygen atoms in total. The number of carboxylic acids is 1. The van der Waals surface area contributed by atoms with Gasteiger partial charge in [0.2, 0.25) is 0 Å². The van der Waals surface area contributed by atoms with Gasteiger partial charge in [-0.3, -0.25) is 5.41 Å². The first-order chi connectivity index (χ1) is 11.0. The Balaban J connectivity index is 1.94. The van der Waals surface area contributed by atoms with Crippen molar-refractivity contribution >= 4 is 33.2 Å². The van der Waals surface area contributed by atoms with Crippen molar-refractivity contribution in [2.45, 2.75) is 0 Å². The Morgan fingerprint density at radius 3 is 2.70 bits per heavy atom. The number of benzene rings is 2. The highest BCUT2D eigenvalue weighted by atomic mass is 32.1. The molecule has 0 fully saturated rings. The Labute approximate surface area is 136 Å². The smallest absolute Gasteiger partial charge is 0.341 e. The SMILES string of the molecule is N=C(N)c1cc2cc(-c3cccc(OCC(=O)O)c3)ccc2s1. The third kappa shape index (κ3) is 3.32. The molecule has 3 rings (SSSR count). The van der Waals surface area contributed by atoms with Crippen LogP contribution in [0.1, 0.15) is 4.88 Å². The molecule has 0 aliphatic carbocycles. The number of carbonyl (C=O) groups is 1. The number of hydrogen-bond acceptors (Lipinski definition) is 4. The van der Waals surface area contributed by atoms with Gasteiger partial charge in [0.25, 0.3) is 0 Å². The van der Waals surface area contributed by atoms with Crippen LogP contribution >= 0.6 is 11.3 Å². The second-order valence-electron chi connectivity index (χ2n) is 4.99. The highest BCUT2D eigenvalue weighted by molar-refractivity contribution is 7.20. The summed E-state index contributed by atoms with van der Waals surface area (Å²) >= 11 is 1.48. The van der Waals surface area contributed by atoms with Crippen molar-refractivity contribution in [2.24, 2.45) is 5.73 Å². The van der Waals surface area contributed by atoms with Crippen LogP contribution in [0.2, 0.25) is 0 Å². The zero-order valence-corrected chi connectivity index (χ0v) is 12.9. The average molecular weight is 326 g/mol. The van der Waals surface area contributed by atoms with Crippen LogP contribution in [0.5, 0.6) is 5.75 Å². The first kappa shape index (κ1) is 15.1. The van der Waals surface area contributed by atoms with Gasteiger partial charge in [-0.25, -0.2) is 4.79 Å². The molecule has 0 aliphatic heterocycles. The molecule has 4 N–H and O–H groups in total. The summed E-state index contributed by atoms with van der Waals surface area (Å²) in [6.45, 7) is -0.366. The van der Waals surface area contributed by atoms with Crippen LogP contribution in [0.3, 0.4) is 0 Å². The molecule has 0 amide bonds. The lowest BCUT2D eigenvalue weighted by molar-refractivity contribution is -0.139. The van der Waals surface area contributed by atoms with Crippen LogP contribution < -0.4 is 10.5 Å². The molecule has 0 saturated heterocycles. The Kier molecular flexibility index (Phi) is 3.99. The molecule has 1 heterocycles. The van der Waals surface area contributed by atoms with Gasteiger partial charge in [0, 0.05) is 4.70 Å². The summed E-state index contributed by atoms with van der Waals surface area (Å²) < 4.78 is 6.28. The van der Waals surface area contributed by atoms with Crippen molar-refractivity contribution in [3.05, 3.63) is 53.4 Å². The quantitative estimate of drug-likeness (QED) is 0.495. The van der Waals surface area contributed by atoms with Crippen molar-refractivity contribution in [3.8, 4) is 16.9 Å². The summed E-state index contributed by atoms with van der Waals surface area (Å²) in [5.41, 5.74) is 7.46. The largest absolute Gasteiger partial charge is 0.482 e. The fourth-order valence-corrected chi connectivity index (χ4v) is 3.17. The molecule has 23 heavy (non-hydrogen) atoms. The number of fused-ring (bicyclic) bond motifs is 1. The molecule has 0 saturated carbocycles. The number of rotatable bonds is 5. The summed E-state index contributed by atoms with van der Waals surface area (Å²) in [7, 11) is 0. The Morgan fingerprint density at radius 1 is 1.17 bits per heavy atom. The predicted octanol–water partition coefficient (Wildman–Crippen LogP) is 3.32. The van der Waals surface area contributed by atoms with E-state index < -0.39 is 5.97 Å². The molecule has 3 aromatic rings. The van der Waals surface area contributed by atoms with Crippen LogP contribution in [0.25, 0.3) is 21.2 Å². The van der Waals surface area contributed by atoms with E-state index in [2.05, 4.69) is 0 Å². The van der Waals surface area contributed by atoms with E-state index in [0.717, 1.165) is 26.1 Å². The molecule has 0 aliphatic rings. The minimum atomic E-state index is -1.01. The zero-order valence-electron chi connectivity index (χ0n) is 12.1. The molecule has 0 radical (unpaired) electrons. The predicted molar refractivity (Wildman–Crippen MR) is 91.4 cm³/mol. The van der Waals surface area contributed by atoms with Gasteiger partial charge in [0.1, 0.15) is 11.6 Å². The molecule has 6 heteroatoms. The lowest BCUT2D eigenvalue weighted by Crippen LogP contribution is -2.09. The minimum Gasteiger partial charge on any atom is -0.482 e. The second-order valence-corrected chi connectivity index (χ2v) is 6.07. The van der Waals surface area contributed by atoms with Crippen molar-refractivity contribution in [2.75, 3.05) is 6.61 Å². The van der Waals surface area contributed by atoms with E-state index in [1.54, 1.807) is 6.07 Å². The number of nitrogen functional groups attached to an aromatic ring is 1. The summed E-state index contributed by atoms with van der Waals surface area (Å²) in [6, 6.07) is 15.2. The minimum absolute atomic E-state index is 0.0665. The first-order valence-corrected chi connectivity index (χ1v) is 7.67. The van der Waals surface area contributed by atoms with Crippen LogP contribution in [0, 0.1) is 5.41 Å². The number of carboxylic acid groups (broad SMARTS) is 1. The second kappa shape index (κ2) is 6.10. The highest BCUT2D eigenvalue weighted by Gasteiger charge is 2.07. The average Bonchev–Trinajstić information content (AvgIpc) is 2.96. The summed E-state index contributed by atoms with van der Waals surface area (Å²) in [5, 5.41) is 17.2. The molecule has 0 unspecified atom stereocenters. The molecule has 116 valence electrons. The van der Waals surface area contributed by atoms with Gasteiger partial charge in [0.05, 0.1) is 4.88 Å². The number of amidine groups is 1. The van der Waals surface area contributed by atoms with Crippen LogP contribution in [0.15, 0.2) is 48.5 Å². The van der Waals surface area contributed by atoms with Crippen molar-refractivity contribution in [1.29, 1.82) is 5.41 Å². The lowest BCUT2D eigenvalue weighted by atomic mass is 10.0. The number of thiophene rings is 1. The number of ether oxygens (including phenoxy) is 1. The standard InChI is InChI=1S/C17H14N2O3S/c18-17(19)15-8-12-6-11(4-5-14(12)23-15)10-2-1-3-13(7-10)22-9-16(20)21/h1-8H,9H2,(H3,18,19)(H,20,21). The van der Waals surface area contributed by atoms with Gasteiger partial charge < -0.3 is 15.6 Å². The maximum absolute atomic E-state index is 10.6. The number of nitrogens with two attached hydrogens (primary N) is 1. The summed E-state index contributed by atoms with van der Waals surface area (Å²) in [6.07, 6.45) is 0. The van der Waals surface area contributed by atoms with E-state index in [4.69, 9.17) is 21.0 Å². The molecule has 2 aromatic carbocycles. The van der Waals surface area contributed by atoms with Gasteiger partial charge in [-0.1, -0.05) is 18.2 Å². The van der Waals surface area contributed by atoms with E-state index in [1.165, 1.54) is 11.3 Å². The van der Waals surface area contributed by atoms with Gasteiger partial charge in [-0.15, -0.1) is 11.3 Å². The molecule has 0 spiro atoms. The Bertz CT molecular complexity index is 902. The fourth-order valence-electron chi connectivity index (χ4n) is 2.27. The topological polar surface area (TPSA) is 96.4 Å². The summed E-state index contributed by atoms with van der Waals surface area (Å²) in [4.78, 5) is 11.3. The van der Waals surface area contributed by atoms with E-state index in [-0.39, 0.29) is 12.4 Å². The van der Waals surface area contributed by atoms with Gasteiger partial charge in [-0.2, -0.15) is 0 Å². The van der Waals surface area contributed by atoms with Crippen molar-refractivity contribution in [1.82, 2.24) is 0 Å². The normalized spacial score (nSPS) is 10.6. The van der Waals surface area contributed by atoms with Crippen LogP contribution in [0.4, 0.5) is 0 Å². The Hall–Kier alpha value is -2.86. The lowest BCUT2D eigenvalue weighted by Gasteiger charge is -2.06. The van der Waals surface area contributed by atoms with Crippen molar-refractivity contribution in [3.63, 3.8) is 0 Å². The van der Waals surface area contributed by atoms with Gasteiger partial charge in [-0.05, 0) is 46.8 Å². The monoisotopic (exact) mass is 326 g/mol. The molecule has 0 atom stereocenters. The van der Waals surface area contributed by atoms with Crippen LogP contribution in [-0.4, -0.2) is 23.5 Å².